The second-order valence-electron chi connectivity index (χ2n) is 6.69. The van der Waals surface area contributed by atoms with Crippen LogP contribution < -0.4 is 5.32 Å². The maximum atomic E-state index is 4.72. The van der Waals surface area contributed by atoms with Gasteiger partial charge in [-0.05, 0) is 45.8 Å². The van der Waals surface area contributed by atoms with Crippen molar-refractivity contribution in [1.29, 1.82) is 0 Å². The van der Waals surface area contributed by atoms with Gasteiger partial charge in [-0.1, -0.05) is 26.7 Å². The summed E-state index contributed by atoms with van der Waals surface area (Å²) in [6.45, 7) is 6.41. The van der Waals surface area contributed by atoms with Crippen molar-refractivity contribution in [3.63, 3.8) is 0 Å². The molecule has 0 aliphatic heterocycles. The Balaban J connectivity index is 1.86. The molecule has 1 heterocycles. The Labute approximate surface area is 129 Å². The van der Waals surface area contributed by atoms with Gasteiger partial charge >= 0.3 is 0 Å². The lowest BCUT2D eigenvalue weighted by Crippen LogP contribution is -2.49. The van der Waals surface area contributed by atoms with Gasteiger partial charge in [0.15, 0.2) is 0 Å². The minimum absolute atomic E-state index is 0.359. The Kier molecular flexibility index (Phi) is 5.82. The summed E-state index contributed by atoms with van der Waals surface area (Å²) in [7, 11) is 4.43. The summed E-state index contributed by atoms with van der Waals surface area (Å²) in [4.78, 5) is 2.41. The fourth-order valence-corrected chi connectivity index (χ4v) is 3.58. The molecule has 0 spiro atoms. The predicted octanol–water partition coefficient (Wildman–Crippen LogP) is 3.21. The van der Waals surface area contributed by atoms with Gasteiger partial charge in [-0.15, -0.1) is 0 Å². The van der Waals surface area contributed by atoms with Crippen LogP contribution in [0, 0.1) is 0 Å². The number of hydrogen-bond donors (Lipinski definition) is 1. The molecule has 4 nitrogen and oxygen atoms in total. The van der Waals surface area contributed by atoms with Crippen molar-refractivity contribution in [3.8, 4) is 0 Å². The predicted molar refractivity (Wildman–Crippen MR) is 88.4 cm³/mol. The van der Waals surface area contributed by atoms with E-state index in [0.717, 1.165) is 31.6 Å². The van der Waals surface area contributed by atoms with Gasteiger partial charge in [0.1, 0.15) is 0 Å². The zero-order valence-electron chi connectivity index (χ0n) is 14.2. The van der Waals surface area contributed by atoms with E-state index in [1.807, 2.05) is 0 Å². The minimum atomic E-state index is 0.359. The summed E-state index contributed by atoms with van der Waals surface area (Å²) in [6, 6.07) is 2.70. The lowest BCUT2D eigenvalue weighted by Gasteiger charge is -2.36. The highest BCUT2D eigenvalue weighted by Gasteiger charge is 2.35. The third-order valence-electron chi connectivity index (χ3n) is 5.22. The van der Waals surface area contributed by atoms with Crippen molar-refractivity contribution < 1.29 is 0 Å². The Bertz CT molecular complexity index is 414. The van der Waals surface area contributed by atoms with Crippen LogP contribution in [0.15, 0.2) is 12.3 Å². The molecule has 4 heteroatoms. The molecular weight excluding hydrogens is 260 g/mol. The van der Waals surface area contributed by atoms with E-state index in [4.69, 9.17) is 5.10 Å². The van der Waals surface area contributed by atoms with Crippen molar-refractivity contribution in [2.24, 2.45) is 0 Å². The zero-order chi connectivity index (χ0) is 15.3. The average molecular weight is 292 g/mol. The van der Waals surface area contributed by atoms with Gasteiger partial charge in [0.05, 0.1) is 11.7 Å². The quantitative estimate of drug-likeness (QED) is 0.798. The fourth-order valence-electron chi connectivity index (χ4n) is 3.58. The highest BCUT2D eigenvalue weighted by atomic mass is 15.3. The summed E-state index contributed by atoms with van der Waals surface area (Å²) in [5.41, 5.74) is 1.52. The molecule has 0 bridgehead atoms. The Hall–Kier alpha value is -0.870. The SMILES string of the molecule is CCC(CC)n1ccc(CNCC2(N(C)C)CCCC2)n1. The largest absolute Gasteiger partial charge is 0.309 e. The molecule has 0 amide bonds. The molecule has 0 radical (unpaired) electrons. The second kappa shape index (κ2) is 7.41. The van der Waals surface area contributed by atoms with E-state index < -0.39 is 0 Å². The van der Waals surface area contributed by atoms with Gasteiger partial charge in [-0.3, -0.25) is 4.68 Å². The van der Waals surface area contributed by atoms with E-state index in [0.29, 0.717) is 11.6 Å². The number of aromatic nitrogens is 2. The molecular formula is C17H32N4. The molecule has 1 aromatic rings. The van der Waals surface area contributed by atoms with Crippen molar-refractivity contribution in [1.82, 2.24) is 20.0 Å². The first-order valence-corrected chi connectivity index (χ1v) is 8.53. The summed E-state index contributed by atoms with van der Waals surface area (Å²) in [5.74, 6) is 0. The van der Waals surface area contributed by atoms with Crippen LogP contribution >= 0.6 is 0 Å². The summed E-state index contributed by atoms with van der Waals surface area (Å²) < 4.78 is 2.13. The number of hydrogen-bond acceptors (Lipinski definition) is 3. The van der Waals surface area contributed by atoms with Crippen molar-refractivity contribution in [2.75, 3.05) is 20.6 Å². The number of likely N-dealkylation sites (N-methyl/N-ethyl adjacent to an activating group) is 1. The fraction of sp³-hybridized carbons (Fsp3) is 0.824. The molecule has 0 saturated heterocycles. The van der Waals surface area contributed by atoms with E-state index >= 15 is 0 Å². The minimum Gasteiger partial charge on any atom is -0.309 e. The van der Waals surface area contributed by atoms with E-state index in [2.05, 4.69) is 55.1 Å². The third-order valence-corrected chi connectivity index (χ3v) is 5.22. The van der Waals surface area contributed by atoms with Crippen LogP contribution in [0.5, 0.6) is 0 Å². The van der Waals surface area contributed by atoms with Gasteiger partial charge in [0.2, 0.25) is 0 Å². The van der Waals surface area contributed by atoms with Gasteiger partial charge in [0, 0.05) is 24.8 Å². The van der Waals surface area contributed by atoms with Crippen molar-refractivity contribution in [3.05, 3.63) is 18.0 Å². The highest BCUT2D eigenvalue weighted by molar-refractivity contribution is 5.01. The Morgan fingerprint density at radius 3 is 2.52 bits per heavy atom. The van der Waals surface area contributed by atoms with Crippen LogP contribution in [-0.2, 0) is 6.54 Å². The van der Waals surface area contributed by atoms with Crippen molar-refractivity contribution >= 4 is 0 Å². The normalized spacial score (nSPS) is 18.0. The monoisotopic (exact) mass is 292 g/mol. The molecule has 21 heavy (non-hydrogen) atoms. The highest BCUT2D eigenvalue weighted by Crippen LogP contribution is 2.33. The molecule has 1 saturated carbocycles. The zero-order valence-corrected chi connectivity index (χ0v) is 14.2. The van der Waals surface area contributed by atoms with E-state index in [9.17, 15) is 0 Å². The van der Waals surface area contributed by atoms with Gasteiger partial charge < -0.3 is 10.2 Å². The number of rotatable bonds is 8. The molecule has 2 rings (SSSR count). The van der Waals surface area contributed by atoms with Crippen LogP contribution in [0.1, 0.15) is 64.1 Å². The molecule has 1 aliphatic rings. The molecule has 0 atom stereocenters. The second-order valence-corrected chi connectivity index (χ2v) is 6.69. The number of nitrogens with zero attached hydrogens (tertiary/aromatic N) is 3. The van der Waals surface area contributed by atoms with Crippen LogP contribution in [0.3, 0.4) is 0 Å². The summed E-state index contributed by atoms with van der Waals surface area (Å²) >= 11 is 0. The molecule has 1 aliphatic carbocycles. The molecule has 1 aromatic heterocycles. The van der Waals surface area contributed by atoms with Gasteiger partial charge in [-0.25, -0.2) is 0 Å². The first-order chi connectivity index (χ1) is 10.1. The Morgan fingerprint density at radius 1 is 1.29 bits per heavy atom. The standard InChI is InChI=1S/C17H32N4/c1-5-16(6-2)21-12-9-15(19-21)13-18-14-17(20(3)4)10-7-8-11-17/h9,12,16,18H,5-8,10-11,13-14H2,1-4H3. The molecule has 1 fully saturated rings. The third kappa shape index (κ3) is 3.86. The first-order valence-electron chi connectivity index (χ1n) is 8.53. The van der Waals surface area contributed by atoms with Crippen LogP contribution in [0.2, 0.25) is 0 Å². The van der Waals surface area contributed by atoms with E-state index in [1.54, 1.807) is 0 Å². The van der Waals surface area contributed by atoms with Crippen LogP contribution in [-0.4, -0.2) is 40.9 Å². The molecule has 0 aromatic carbocycles. The number of nitrogens with one attached hydrogen (secondary N) is 1. The lowest BCUT2D eigenvalue weighted by atomic mass is 9.96. The lowest BCUT2D eigenvalue weighted by molar-refractivity contribution is 0.153. The maximum absolute atomic E-state index is 4.72. The average Bonchev–Trinajstić information content (AvgIpc) is 3.11. The molecule has 120 valence electrons. The summed E-state index contributed by atoms with van der Waals surface area (Å²) in [5, 5.41) is 8.36. The van der Waals surface area contributed by atoms with Crippen molar-refractivity contribution in [2.45, 2.75) is 70.5 Å². The van der Waals surface area contributed by atoms with Crippen LogP contribution in [0.4, 0.5) is 0 Å². The van der Waals surface area contributed by atoms with E-state index in [1.165, 1.54) is 25.7 Å². The van der Waals surface area contributed by atoms with Crippen LogP contribution in [0.25, 0.3) is 0 Å². The molecule has 1 N–H and O–H groups in total. The topological polar surface area (TPSA) is 33.1 Å². The smallest absolute Gasteiger partial charge is 0.0762 e. The van der Waals surface area contributed by atoms with E-state index in [-0.39, 0.29) is 0 Å². The summed E-state index contributed by atoms with van der Waals surface area (Å²) in [6.07, 6.45) is 9.78. The molecule has 0 unspecified atom stereocenters. The maximum Gasteiger partial charge on any atom is 0.0762 e. The first kappa shape index (κ1) is 16.5. The van der Waals surface area contributed by atoms with Gasteiger partial charge in [-0.2, -0.15) is 5.10 Å². The van der Waals surface area contributed by atoms with Gasteiger partial charge in [0.25, 0.3) is 0 Å². The Morgan fingerprint density at radius 2 is 1.95 bits per heavy atom.